The van der Waals surface area contributed by atoms with Gasteiger partial charge in [-0.05, 0) is 37.1 Å². The zero-order valence-corrected chi connectivity index (χ0v) is 12.0. The third-order valence-electron chi connectivity index (χ3n) is 3.20. The average molecular weight is 263 g/mol. The molecule has 0 saturated heterocycles. The van der Waals surface area contributed by atoms with Crippen molar-refractivity contribution < 1.29 is 5.21 Å². The van der Waals surface area contributed by atoms with Crippen LogP contribution < -0.4 is 10.6 Å². The minimum absolute atomic E-state index is 0.153. The van der Waals surface area contributed by atoms with E-state index >= 15 is 0 Å². The van der Waals surface area contributed by atoms with Gasteiger partial charge in [-0.2, -0.15) is 0 Å². The van der Waals surface area contributed by atoms with Gasteiger partial charge in [-0.3, -0.25) is 0 Å². The highest BCUT2D eigenvalue weighted by atomic mass is 16.4. The summed E-state index contributed by atoms with van der Waals surface area (Å²) in [7, 11) is 0. The molecule has 0 spiro atoms. The van der Waals surface area contributed by atoms with Crippen LogP contribution in [0.25, 0.3) is 0 Å². The van der Waals surface area contributed by atoms with E-state index in [4.69, 9.17) is 10.9 Å². The van der Waals surface area contributed by atoms with Gasteiger partial charge >= 0.3 is 0 Å². The minimum atomic E-state index is 0.153. The number of hydrogen-bond donors (Lipinski definition) is 2. The highest BCUT2D eigenvalue weighted by Gasteiger charge is 2.06. The van der Waals surface area contributed by atoms with Gasteiger partial charge in [0.15, 0.2) is 5.84 Å². The van der Waals surface area contributed by atoms with E-state index in [9.17, 15) is 0 Å². The molecular weight excluding hydrogens is 238 g/mol. The number of rotatable bonds is 8. The number of nitrogens with two attached hydrogens (primary N) is 1. The van der Waals surface area contributed by atoms with Gasteiger partial charge in [0.25, 0.3) is 0 Å². The van der Waals surface area contributed by atoms with Crippen molar-refractivity contribution in [2.45, 2.75) is 39.5 Å². The van der Waals surface area contributed by atoms with Crippen LogP contribution >= 0.6 is 0 Å². The normalized spacial score (nSPS) is 11.6. The fourth-order valence-corrected chi connectivity index (χ4v) is 1.97. The van der Waals surface area contributed by atoms with Crippen molar-refractivity contribution in [3.8, 4) is 0 Å². The molecule has 0 heterocycles. The van der Waals surface area contributed by atoms with Crippen LogP contribution in [0.4, 0.5) is 5.69 Å². The molecular formula is C15H25N3O. The fraction of sp³-hybridized carbons (Fsp3) is 0.533. The molecule has 0 aromatic heterocycles. The van der Waals surface area contributed by atoms with E-state index in [1.807, 2.05) is 24.3 Å². The molecule has 0 atom stereocenters. The van der Waals surface area contributed by atoms with Crippen molar-refractivity contribution in [2.24, 2.45) is 10.9 Å². The molecule has 1 aromatic rings. The summed E-state index contributed by atoms with van der Waals surface area (Å²) in [4.78, 5) is 2.41. The maximum absolute atomic E-state index is 8.65. The van der Waals surface area contributed by atoms with Gasteiger partial charge in [-0.15, -0.1) is 0 Å². The van der Waals surface area contributed by atoms with Crippen LogP contribution in [-0.2, 0) is 0 Å². The lowest BCUT2D eigenvalue weighted by atomic mass is 10.1. The molecule has 0 aliphatic carbocycles. The number of nitrogens with zero attached hydrogens (tertiary/aromatic N) is 2. The van der Waals surface area contributed by atoms with Gasteiger partial charge in [0.05, 0.1) is 0 Å². The van der Waals surface area contributed by atoms with E-state index in [1.165, 1.54) is 31.4 Å². The van der Waals surface area contributed by atoms with Crippen LogP contribution in [0.2, 0.25) is 0 Å². The second-order valence-electron chi connectivity index (χ2n) is 4.73. The third-order valence-corrected chi connectivity index (χ3v) is 3.20. The van der Waals surface area contributed by atoms with E-state index in [1.54, 1.807) is 0 Å². The molecule has 4 heteroatoms. The Morgan fingerprint density at radius 2 is 1.63 bits per heavy atom. The van der Waals surface area contributed by atoms with Crippen LogP contribution in [0, 0.1) is 0 Å². The second-order valence-corrected chi connectivity index (χ2v) is 4.73. The Balaban J connectivity index is 2.77. The van der Waals surface area contributed by atoms with Crippen molar-refractivity contribution in [1.29, 1.82) is 0 Å². The van der Waals surface area contributed by atoms with Crippen LogP contribution in [0.5, 0.6) is 0 Å². The summed E-state index contributed by atoms with van der Waals surface area (Å²) in [5.41, 5.74) is 7.52. The molecule has 19 heavy (non-hydrogen) atoms. The van der Waals surface area contributed by atoms with Gasteiger partial charge in [-0.1, -0.05) is 31.8 Å². The molecule has 0 amide bonds. The first-order valence-corrected chi connectivity index (χ1v) is 7.05. The third kappa shape index (κ3) is 4.81. The highest BCUT2D eigenvalue weighted by molar-refractivity contribution is 5.97. The molecule has 106 valence electrons. The van der Waals surface area contributed by atoms with Gasteiger partial charge in [0.2, 0.25) is 0 Å². The Kier molecular flexibility index (Phi) is 6.79. The number of benzene rings is 1. The molecule has 0 aliphatic heterocycles. The summed E-state index contributed by atoms with van der Waals surface area (Å²) in [6.07, 6.45) is 4.80. The standard InChI is InChI=1S/C15H25N3O/c1-3-5-11-18(12-6-4-2)14-9-7-13(8-10-14)15(16)17-19/h7-10,19H,3-6,11-12H2,1-2H3,(H2,16,17). The lowest BCUT2D eigenvalue weighted by molar-refractivity contribution is 0.318. The number of amidine groups is 1. The van der Waals surface area contributed by atoms with E-state index in [0.29, 0.717) is 0 Å². The summed E-state index contributed by atoms with van der Waals surface area (Å²) in [6, 6.07) is 7.88. The SMILES string of the molecule is CCCCN(CCCC)c1ccc(/C(N)=N/O)cc1. The Hall–Kier alpha value is -1.71. The number of anilines is 1. The van der Waals surface area contributed by atoms with E-state index in [0.717, 1.165) is 18.7 Å². The summed E-state index contributed by atoms with van der Waals surface area (Å²) >= 11 is 0. The number of unbranched alkanes of at least 4 members (excludes halogenated alkanes) is 2. The van der Waals surface area contributed by atoms with E-state index in [-0.39, 0.29) is 5.84 Å². The monoisotopic (exact) mass is 263 g/mol. The van der Waals surface area contributed by atoms with E-state index in [2.05, 4.69) is 23.9 Å². The largest absolute Gasteiger partial charge is 0.409 e. The lowest BCUT2D eigenvalue weighted by Crippen LogP contribution is -2.25. The summed E-state index contributed by atoms with van der Waals surface area (Å²) in [5, 5.41) is 11.7. The first-order chi connectivity index (χ1) is 9.22. The van der Waals surface area contributed by atoms with Crippen LogP contribution in [0.15, 0.2) is 29.4 Å². The van der Waals surface area contributed by atoms with Crippen molar-refractivity contribution in [3.63, 3.8) is 0 Å². The number of hydrogen-bond acceptors (Lipinski definition) is 3. The molecule has 3 N–H and O–H groups in total. The van der Waals surface area contributed by atoms with Crippen molar-refractivity contribution in [3.05, 3.63) is 29.8 Å². The Labute approximate surface area is 115 Å². The lowest BCUT2D eigenvalue weighted by Gasteiger charge is -2.24. The quantitative estimate of drug-likeness (QED) is 0.328. The zero-order chi connectivity index (χ0) is 14.1. The molecule has 4 nitrogen and oxygen atoms in total. The first-order valence-electron chi connectivity index (χ1n) is 7.05. The molecule has 0 bridgehead atoms. The summed E-state index contributed by atoms with van der Waals surface area (Å²) in [6.45, 7) is 6.58. The highest BCUT2D eigenvalue weighted by Crippen LogP contribution is 2.17. The van der Waals surface area contributed by atoms with Gasteiger partial charge < -0.3 is 15.8 Å². The van der Waals surface area contributed by atoms with Crippen LogP contribution in [0.3, 0.4) is 0 Å². The zero-order valence-electron chi connectivity index (χ0n) is 12.0. The second kappa shape index (κ2) is 8.40. The maximum atomic E-state index is 8.65. The smallest absolute Gasteiger partial charge is 0.170 e. The molecule has 0 saturated carbocycles. The minimum Gasteiger partial charge on any atom is -0.409 e. The molecule has 1 rings (SSSR count). The molecule has 0 unspecified atom stereocenters. The fourth-order valence-electron chi connectivity index (χ4n) is 1.97. The molecule has 1 aromatic carbocycles. The van der Waals surface area contributed by atoms with Crippen molar-refractivity contribution >= 4 is 11.5 Å². The molecule has 0 radical (unpaired) electrons. The molecule has 0 aliphatic rings. The summed E-state index contributed by atoms with van der Waals surface area (Å²) in [5.74, 6) is 0.153. The van der Waals surface area contributed by atoms with Crippen molar-refractivity contribution in [2.75, 3.05) is 18.0 Å². The van der Waals surface area contributed by atoms with Gasteiger partial charge in [0, 0.05) is 24.3 Å². The topological polar surface area (TPSA) is 61.8 Å². The van der Waals surface area contributed by atoms with Crippen LogP contribution in [-0.4, -0.2) is 24.1 Å². The van der Waals surface area contributed by atoms with E-state index < -0.39 is 0 Å². The summed E-state index contributed by atoms with van der Waals surface area (Å²) < 4.78 is 0. The average Bonchev–Trinajstić information content (AvgIpc) is 2.47. The Morgan fingerprint density at radius 3 is 2.05 bits per heavy atom. The Bertz CT molecular complexity index is 379. The maximum Gasteiger partial charge on any atom is 0.170 e. The Morgan fingerprint density at radius 1 is 1.11 bits per heavy atom. The van der Waals surface area contributed by atoms with Crippen molar-refractivity contribution in [1.82, 2.24) is 0 Å². The predicted octanol–water partition coefficient (Wildman–Crippen LogP) is 3.19. The van der Waals surface area contributed by atoms with Gasteiger partial charge in [-0.25, -0.2) is 0 Å². The first kappa shape index (κ1) is 15.3. The predicted molar refractivity (Wildman–Crippen MR) is 81.0 cm³/mol. The number of oxime groups is 1. The van der Waals surface area contributed by atoms with Crippen LogP contribution in [0.1, 0.15) is 45.1 Å². The van der Waals surface area contributed by atoms with Gasteiger partial charge in [0.1, 0.15) is 0 Å². The molecule has 0 fully saturated rings.